The second kappa shape index (κ2) is 9.89. The van der Waals surface area contributed by atoms with Crippen LogP contribution in [0.4, 0.5) is 0 Å². The maximum Gasteiger partial charge on any atom is 0.307 e. The highest BCUT2D eigenvalue weighted by molar-refractivity contribution is 7.99. The van der Waals surface area contributed by atoms with Crippen LogP contribution in [-0.4, -0.2) is 24.7 Å². The molecule has 2 rings (SSSR count). The van der Waals surface area contributed by atoms with Crippen LogP contribution in [0.25, 0.3) is 0 Å². The third-order valence-corrected chi connectivity index (χ3v) is 4.72. The van der Waals surface area contributed by atoms with Gasteiger partial charge in [-0.15, -0.1) is 11.8 Å². The first-order valence-electron chi connectivity index (χ1n) is 8.13. The Morgan fingerprint density at radius 3 is 2.56 bits per heavy atom. The zero-order chi connectivity index (χ0) is 18.1. The van der Waals surface area contributed by atoms with Gasteiger partial charge in [-0.1, -0.05) is 60.2 Å². The molecule has 0 bridgehead atoms. The molecule has 0 spiro atoms. The van der Waals surface area contributed by atoms with Gasteiger partial charge in [0.05, 0.1) is 25.3 Å². The van der Waals surface area contributed by atoms with Crippen LogP contribution in [0.1, 0.15) is 29.2 Å². The molecule has 0 unspecified atom stereocenters. The van der Waals surface area contributed by atoms with E-state index in [2.05, 4.69) is 30.4 Å². The molecule has 5 heteroatoms. The minimum absolute atomic E-state index is 0.0876. The third kappa shape index (κ3) is 6.63. The largest absolute Gasteiger partial charge is 0.469 e. The van der Waals surface area contributed by atoms with Gasteiger partial charge in [0.1, 0.15) is 0 Å². The molecule has 2 aromatic carbocycles. The molecule has 0 saturated heterocycles. The van der Waals surface area contributed by atoms with Gasteiger partial charge in [0.25, 0.3) is 0 Å². The summed E-state index contributed by atoms with van der Waals surface area (Å²) < 4.78 is 4.74. The van der Waals surface area contributed by atoms with Gasteiger partial charge in [-0.2, -0.15) is 0 Å². The van der Waals surface area contributed by atoms with Gasteiger partial charge >= 0.3 is 5.97 Å². The fourth-order valence-corrected chi connectivity index (χ4v) is 3.27. The number of esters is 1. The summed E-state index contributed by atoms with van der Waals surface area (Å²) in [6.07, 6.45) is 0.120. The van der Waals surface area contributed by atoms with Gasteiger partial charge in [0.15, 0.2) is 0 Å². The van der Waals surface area contributed by atoms with Crippen LogP contribution in [0.5, 0.6) is 0 Å². The van der Waals surface area contributed by atoms with Gasteiger partial charge in [-0.25, -0.2) is 0 Å². The number of hydrogen-bond acceptors (Lipinski definition) is 4. The Morgan fingerprint density at radius 2 is 1.88 bits per heavy atom. The number of benzene rings is 2. The number of carbonyl (C=O) groups excluding carboxylic acids is 2. The second-order valence-electron chi connectivity index (χ2n) is 5.79. The average molecular weight is 357 g/mol. The Balaban J connectivity index is 1.89. The van der Waals surface area contributed by atoms with E-state index < -0.39 is 0 Å². The molecule has 4 nitrogen and oxygen atoms in total. The van der Waals surface area contributed by atoms with Crippen molar-refractivity contribution in [3.8, 4) is 0 Å². The second-order valence-corrected chi connectivity index (χ2v) is 6.78. The summed E-state index contributed by atoms with van der Waals surface area (Å²) in [5.41, 5.74) is 3.31. The van der Waals surface area contributed by atoms with E-state index in [1.807, 2.05) is 36.4 Å². The molecule has 25 heavy (non-hydrogen) atoms. The third-order valence-electron chi connectivity index (χ3n) is 3.72. The molecular weight excluding hydrogens is 334 g/mol. The number of thioether (sulfide) groups is 1. The maximum absolute atomic E-state index is 12.3. The summed E-state index contributed by atoms with van der Waals surface area (Å²) in [6, 6.07) is 17.3. The van der Waals surface area contributed by atoms with E-state index in [9.17, 15) is 9.59 Å². The summed E-state index contributed by atoms with van der Waals surface area (Å²) in [5, 5.41) is 2.94. The molecule has 0 heterocycles. The minimum atomic E-state index is -0.374. The molecular formula is C20H23NO3S. The fraction of sp³-hybridized carbons (Fsp3) is 0.300. The van der Waals surface area contributed by atoms with Crippen LogP contribution in [0.3, 0.4) is 0 Å². The van der Waals surface area contributed by atoms with Crippen molar-refractivity contribution in [2.24, 2.45) is 0 Å². The summed E-state index contributed by atoms with van der Waals surface area (Å²) in [4.78, 5) is 23.9. The number of amides is 1. The van der Waals surface area contributed by atoms with Gasteiger partial charge in [-0.3, -0.25) is 9.59 Å². The monoisotopic (exact) mass is 357 g/mol. The Morgan fingerprint density at radius 1 is 1.12 bits per heavy atom. The smallest absolute Gasteiger partial charge is 0.307 e. The quantitative estimate of drug-likeness (QED) is 0.733. The van der Waals surface area contributed by atoms with E-state index in [1.165, 1.54) is 18.2 Å². The van der Waals surface area contributed by atoms with Crippen LogP contribution in [0.2, 0.25) is 0 Å². The number of methoxy groups -OCH3 is 1. The Bertz CT molecular complexity index is 703. The Hall–Kier alpha value is -2.27. The lowest BCUT2D eigenvalue weighted by molar-refractivity contribution is -0.141. The van der Waals surface area contributed by atoms with E-state index in [0.29, 0.717) is 5.75 Å². The van der Waals surface area contributed by atoms with Gasteiger partial charge in [0, 0.05) is 5.75 Å². The maximum atomic E-state index is 12.3. The zero-order valence-corrected chi connectivity index (χ0v) is 15.3. The van der Waals surface area contributed by atoms with Crippen molar-refractivity contribution in [3.63, 3.8) is 0 Å². The SMILES string of the molecule is COC(=O)C[C@@H](NC(=O)CSCc1cccc(C)c1)c1ccccc1. The van der Waals surface area contributed by atoms with Gasteiger partial charge < -0.3 is 10.1 Å². The molecule has 0 aliphatic heterocycles. The molecule has 1 amide bonds. The molecule has 0 saturated carbocycles. The van der Waals surface area contributed by atoms with E-state index in [0.717, 1.165) is 11.3 Å². The lowest BCUT2D eigenvalue weighted by Crippen LogP contribution is -2.31. The lowest BCUT2D eigenvalue weighted by Gasteiger charge is -2.18. The van der Waals surface area contributed by atoms with Gasteiger partial charge in [-0.05, 0) is 18.1 Å². The van der Waals surface area contributed by atoms with Crippen LogP contribution < -0.4 is 5.32 Å². The van der Waals surface area contributed by atoms with Crippen molar-refractivity contribution < 1.29 is 14.3 Å². The molecule has 0 aliphatic carbocycles. The first kappa shape index (κ1) is 19.1. The van der Waals surface area contributed by atoms with Crippen molar-refractivity contribution in [1.29, 1.82) is 0 Å². The molecule has 0 aliphatic rings. The summed E-state index contributed by atoms with van der Waals surface area (Å²) >= 11 is 1.56. The topological polar surface area (TPSA) is 55.4 Å². The normalized spacial score (nSPS) is 11.6. The molecule has 0 aromatic heterocycles. The summed E-state index contributed by atoms with van der Waals surface area (Å²) in [6.45, 7) is 2.05. The molecule has 0 radical (unpaired) electrons. The Kier molecular flexibility index (Phi) is 7.54. The highest BCUT2D eigenvalue weighted by Gasteiger charge is 2.18. The Labute approximate surface area is 153 Å². The summed E-state index contributed by atoms with van der Waals surface area (Å²) in [7, 11) is 1.35. The van der Waals surface area contributed by atoms with E-state index in [4.69, 9.17) is 4.74 Å². The standard InChI is InChI=1S/C20H23NO3S/c1-15-7-6-8-16(11-15)13-25-14-19(22)21-18(12-20(23)24-2)17-9-4-3-5-10-17/h3-11,18H,12-14H2,1-2H3,(H,21,22)/t18-/m1/s1. The number of ether oxygens (including phenoxy) is 1. The van der Waals surface area contributed by atoms with E-state index >= 15 is 0 Å². The predicted octanol–water partition coefficient (Wildman–Crippen LogP) is 3.65. The number of aryl methyl sites for hydroxylation is 1. The number of rotatable bonds is 8. The summed E-state index contributed by atoms with van der Waals surface area (Å²) in [5.74, 6) is 0.692. The molecule has 0 fully saturated rings. The van der Waals surface area contributed by atoms with Crippen molar-refractivity contribution in [2.75, 3.05) is 12.9 Å². The first-order valence-corrected chi connectivity index (χ1v) is 9.28. The number of carbonyl (C=O) groups is 2. The highest BCUT2D eigenvalue weighted by Crippen LogP contribution is 2.18. The van der Waals surface area contributed by atoms with E-state index in [-0.39, 0.29) is 24.3 Å². The van der Waals surface area contributed by atoms with Crippen molar-refractivity contribution >= 4 is 23.6 Å². The minimum Gasteiger partial charge on any atom is -0.469 e. The predicted molar refractivity (Wildman–Crippen MR) is 101 cm³/mol. The zero-order valence-electron chi connectivity index (χ0n) is 14.5. The number of nitrogens with one attached hydrogen (secondary N) is 1. The van der Waals surface area contributed by atoms with Crippen LogP contribution in [0, 0.1) is 6.92 Å². The van der Waals surface area contributed by atoms with Crippen molar-refractivity contribution in [3.05, 3.63) is 71.3 Å². The average Bonchev–Trinajstić information content (AvgIpc) is 2.62. The van der Waals surface area contributed by atoms with Gasteiger partial charge in [0.2, 0.25) is 5.91 Å². The van der Waals surface area contributed by atoms with Crippen molar-refractivity contribution in [1.82, 2.24) is 5.32 Å². The molecule has 1 N–H and O–H groups in total. The van der Waals surface area contributed by atoms with Crippen LogP contribution >= 0.6 is 11.8 Å². The van der Waals surface area contributed by atoms with Crippen LogP contribution in [-0.2, 0) is 20.1 Å². The highest BCUT2D eigenvalue weighted by atomic mass is 32.2. The molecule has 1 atom stereocenters. The van der Waals surface area contributed by atoms with E-state index in [1.54, 1.807) is 11.8 Å². The lowest BCUT2D eigenvalue weighted by atomic mass is 10.0. The molecule has 132 valence electrons. The molecule has 2 aromatic rings. The van der Waals surface area contributed by atoms with Crippen molar-refractivity contribution in [2.45, 2.75) is 25.1 Å². The number of hydrogen-bond donors (Lipinski definition) is 1. The first-order chi connectivity index (χ1) is 12.1. The van der Waals surface area contributed by atoms with Crippen LogP contribution in [0.15, 0.2) is 54.6 Å². The fourth-order valence-electron chi connectivity index (χ4n) is 2.49.